The second-order valence-corrected chi connectivity index (χ2v) is 5.10. The minimum atomic E-state index is -0.261. The number of carbonyl (C=O) groups is 2. The number of fused-ring (bicyclic) bond motifs is 1. The maximum Gasteiger partial charge on any atom is 0.317 e. The maximum atomic E-state index is 12.7. The van der Waals surface area contributed by atoms with E-state index in [0.717, 1.165) is 16.8 Å². The first kappa shape index (κ1) is 12.7. The molecule has 0 saturated carbocycles. The number of rotatable bonds is 2. The SMILES string of the molecule is Cc1ccccc1C(=O)c1c(C)c2c(n1C)CC(=O)O2. The zero-order valence-corrected chi connectivity index (χ0v) is 11.7. The van der Waals surface area contributed by atoms with E-state index in [0.29, 0.717) is 17.0 Å². The minimum absolute atomic E-state index is 0.0338. The van der Waals surface area contributed by atoms with E-state index < -0.39 is 0 Å². The molecule has 0 fully saturated rings. The van der Waals surface area contributed by atoms with Crippen molar-refractivity contribution in [1.82, 2.24) is 4.57 Å². The van der Waals surface area contributed by atoms with Crippen molar-refractivity contribution in [3.63, 3.8) is 0 Å². The van der Waals surface area contributed by atoms with Crippen molar-refractivity contribution in [3.8, 4) is 5.75 Å². The minimum Gasteiger partial charge on any atom is -0.424 e. The van der Waals surface area contributed by atoms with Gasteiger partial charge in [-0.1, -0.05) is 24.3 Å². The molecule has 1 aromatic carbocycles. The molecule has 0 N–H and O–H groups in total. The quantitative estimate of drug-likeness (QED) is 0.621. The van der Waals surface area contributed by atoms with Gasteiger partial charge in [0.05, 0.1) is 17.8 Å². The van der Waals surface area contributed by atoms with Crippen molar-refractivity contribution >= 4 is 11.8 Å². The first-order chi connectivity index (χ1) is 9.50. The van der Waals surface area contributed by atoms with Gasteiger partial charge in [-0.25, -0.2) is 0 Å². The van der Waals surface area contributed by atoms with Gasteiger partial charge in [0.2, 0.25) is 5.78 Å². The van der Waals surface area contributed by atoms with Crippen LogP contribution in [0.15, 0.2) is 24.3 Å². The molecule has 0 atom stereocenters. The molecular formula is C16H15NO3. The molecule has 0 radical (unpaired) electrons. The smallest absolute Gasteiger partial charge is 0.317 e. The molecule has 4 nitrogen and oxygen atoms in total. The fraction of sp³-hybridized carbons (Fsp3) is 0.250. The van der Waals surface area contributed by atoms with Crippen molar-refractivity contribution in [2.24, 2.45) is 7.05 Å². The Kier molecular flexibility index (Phi) is 2.74. The van der Waals surface area contributed by atoms with Crippen molar-refractivity contribution in [2.45, 2.75) is 20.3 Å². The third-order valence-electron chi connectivity index (χ3n) is 3.83. The monoisotopic (exact) mass is 269 g/mol. The number of hydrogen-bond acceptors (Lipinski definition) is 3. The van der Waals surface area contributed by atoms with Gasteiger partial charge in [0, 0.05) is 18.2 Å². The summed E-state index contributed by atoms with van der Waals surface area (Å²) >= 11 is 0. The Morgan fingerprint density at radius 2 is 1.95 bits per heavy atom. The van der Waals surface area contributed by atoms with Crippen LogP contribution in [0.2, 0.25) is 0 Å². The summed E-state index contributed by atoms with van der Waals surface area (Å²) in [4.78, 5) is 24.1. The number of esters is 1. The summed E-state index contributed by atoms with van der Waals surface area (Å²) in [5, 5.41) is 0. The molecule has 0 amide bonds. The molecule has 0 spiro atoms. The van der Waals surface area contributed by atoms with E-state index in [1.807, 2.05) is 38.1 Å². The Bertz CT molecular complexity index is 709. The molecule has 2 heterocycles. The average Bonchev–Trinajstić information content (AvgIpc) is 2.89. The summed E-state index contributed by atoms with van der Waals surface area (Å²) in [6, 6.07) is 7.50. The number of ketones is 1. The molecule has 0 bridgehead atoms. The number of aryl methyl sites for hydroxylation is 1. The van der Waals surface area contributed by atoms with Gasteiger partial charge in [0.15, 0.2) is 5.75 Å². The van der Waals surface area contributed by atoms with Crippen LogP contribution in [0.1, 0.15) is 32.9 Å². The molecule has 2 aromatic rings. The van der Waals surface area contributed by atoms with Crippen LogP contribution >= 0.6 is 0 Å². The number of ether oxygens (including phenoxy) is 1. The molecule has 3 rings (SSSR count). The van der Waals surface area contributed by atoms with Gasteiger partial charge in [0.1, 0.15) is 0 Å². The Morgan fingerprint density at radius 1 is 1.25 bits per heavy atom. The molecule has 102 valence electrons. The lowest BCUT2D eigenvalue weighted by atomic mass is 10.0. The fourth-order valence-corrected chi connectivity index (χ4v) is 2.76. The number of aromatic nitrogens is 1. The second kappa shape index (κ2) is 4.34. The lowest BCUT2D eigenvalue weighted by molar-refractivity contribution is -0.131. The molecule has 0 unspecified atom stereocenters. The largest absolute Gasteiger partial charge is 0.424 e. The van der Waals surface area contributed by atoms with E-state index >= 15 is 0 Å². The van der Waals surface area contributed by atoms with E-state index in [1.54, 1.807) is 11.6 Å². The first-order valence-electron chi connectivity index (χ1n) is 6.50. The second-order valence-electron chi connectivity index (χ2n) is 5.10. The van der Waals surface area contributed by atoms with Gasteiger partial charge in [-0.3, -0.25) is 9.59 Å². The van der Waals surface area contributed by atoms with Crippen LogP contribution in [0.3, 0.4) is 0 Å². The van der Waals surface area contributed by atoms with Crippen molar-refractivity contribution in [3.05, 3.63) is 52.3 Å². The third-order valence-corrected chi connectivity index (χ3v) is 3.83. The van der Waals surface area contributed by atoms with Crippen molar-refractivity contribution in [2.75, 3.05) is 0 Å². The van der Waals surface area contributed by atoms with E-state index in [2.05, 4.69) is 0 Å². The van der Waals surface area contributed by atoms with Gasteiger partial charge >= 0.3 is 5.97 Å². The molecule has 20 heavy (non-hydrogen) atoms. The summed E-state index contributed by atoms with van der Waals surface area (Å²) in [5.74, 6) is 0.256. The number of hydrogen-bond donors (Lipinski definition) is 0. The number of benzene rings is 1. The Morgan fingerprint density at radius 3 is 2.60 bits per heavy atom. The summed E-state index contributed by atoms with van der Waals surface area (Å²) in [5.41, 5.74) is 3.74. The predicted molar refractivity (Wildman–Crippen MR) is 74.1 cm³/mol. The highest BCUT2D eigenvalue weighted by Crippen LogP contribution is 2.35. The van der Waals surface area contributed by atoms with E-state index in [9.17, 15) is 9.59 Å². The Labute approximate surface area is 117 Å². The highest BCUT2D eigenvalue weighted by molar-refractivity contribution is 6.10. The zero-order chi connectivity index (χ0) is 14.4. The van der Waals surface area contributed by atoms with Crippen LogP contribution in [0, 0.1) is 13.8 Å². The van der Waals surface area contributed by atoms with Crippen LogP contribution < -0.4 is 4.74 Å². The van der Waals surface area contributed by atoms with Crippen LogP contribution in [-0.4, -0.2) is 16.3 Å². The maximum absolute atomic E-state index is 12.7. The molecular weight excluding hydrogens is 254 g/mol. The fourth-order valence-electron chi connectivity index (χ4n) is 2.76. The van der Waals surface area contributed by atoms with Gasteiger partial charge in [-0.2, -0.15) is 0 Å². The average molecular weight is 269 g/mol. The van der Waals surface area contributed by atoms with E-state index in [4.69, 9.17) is 4.74 Å². The summed E-state index contributed by atoms with van der Waals surface area (Å²) in [6.45, 7) is 3.74. The summed E-state index contributed by atoms with van der Waals surface area (Å²) in [7, 11) is 1.80. The Hall–Kier alpha value is -2.36. The molecule has 1 aliphatic rings. The van der Waals surface area contributed by atoms with Gasteiger partial charge in [0.25, 0.3) is 0 Å². The Balaban J connectivity index is 2.13. The summed E-state index contributed by atoms with van der Waals surface area (Å²) in [6.07, 6.45) is 0.230. The molecule has 0 saturated heterocycles. The highest BCUT2D eigenvalue weighted by Gasteiger charge is 2.32. The van der Waals surface area contributed by atoms with Crippen LogP contribution in [0.4, 0.5) is 0 Å². The van der Waals surface area contributed by atoms with Crippen molar-refractivity contribution in [1.29, 1.82) is 0 Å². The first-order valence-corrected chi connectivity index (χ1v) is 6.50. The zero-order valence-electron chi connectivity index (χ0n) is 11.7. The summed E-state index contributed by atoms with van der Waals surface area (Å²) < 4.78 is 6.99. The number of nitrogens with zero attached hydrogens (tertiary/aromatic N) is 1. The van der Waals surface area contributed by atoms with Crippen molar-refractivity contribution < 1.29 is 14.3 Å². The number of carbonyl (C=O) groups excluding carboxylic acids is 2. The standard InChI is InChI=1S/C16H15NO3/c1-9-6-4-5-7-11(9)15(19)14-10(2)16-12(17(14)3)8-13(18)20-16/h4-7H,8H2,1-3H3. The molecule has 0 aliphatic carbocycles. The molecule has 4 heteroatoms. The molecule has 1 aromatic heterocycles. The topological polar surface area (TPSA) is 48.3 Å². The van der Waals surface area contributed by atoms with Gasteiger partial charge in [-0.05, 0) is 19.4 Å². The van der Waals surface area contributed by atoms with Crippen LogP contribution in [0.25, 0.3) is 0 Å². The highest BCUT2D eigenvalue weighted by atomic mass is 16.5. The van der Waals surface area contributed by atoms with Gasteiger partial charge in [-0.15, -0.1) is 0 Å². The lowest BCUT2D eigenvalue weighted by Crippen LogP contribution is -2.13. The molecule has 1 aliphatic heterocycles. The van der Waals surface area contributed by atoms with Gasteiger partial charge < -0.3 is 9.30 Å². The normalized spacial score (nSPS) is 13.2. The van der Waals surface area contributed by atoms with E-state index in [-0.39, 0.29) is 18.2 Å². The van der Waals surface area contributed by atoms with Crippen LogP contribution in [-0.2, 0) is 18.3 Å². The predicted octanol–water partition coefficient (Wildman–Crippen LogP) is 2.33. The third kappa shape index (κ3) is 1.68. The van der Waals surface area contributed by atoms with Crippen LogP contribution in [0.5, 0.6) is 5.75 Å². The lowest BCUT2D eigenvalue weighted by Gasteiger charge is -2.08. The van der Waals surface area contributed by atoms with E-state index in [1.165, 1.54) is 0 Å².